The Morgan fingerprint density at radius 1 is 1.31 bits per heavy atom. The lowest BCUT2D eigenvalue weighted by Gasteiger charge is -2.05. The zero-order valence-corrected chi connectivity index (χ0v) is 10.8. The molecular weight excluding hydrogens is 222 g/mol. The van der Waals surface area contributed by atoms with Crippen LogP contribution >= 0.6 is 11.6 Å². The van der Waals surface area contributed by atoms with Gasteiger partial charge in [-0.1, -0.05) is 23.7 Å². The van der Waals surface area contributed by atoms with Gasteiger partial charge in [-0.2, -0.15) is 0 Å². The lowest BCUT2D eigenvalue weighted by Crippen LogP contribution is -2.20. The van der Waals surface area contributed by atoms with Gasteiger partial charge in [0.05, 0.1) is 6.61 Å². The van der Waals surface area contributed by atoms with E-state index >= 15 is 0 Å². The molecule has 0 atom stereocenters. The molecule has 1 aromatic rings. The van der Waals surface area contributed by atoms with Crippen molar-refractivity contribution >= 4 is 11.6 Å². The van der Waals surface area contributed by atoms with Crippen LogP contribution in [0.25, 0.3) is 0 Å². The van der Waals surface area contributed by atoms with Gasteiger partial charge in [-0.3, -0.25) is 0 Å². The number of rotatable bonds is 7. The maximum atomic E-state index is 6.06. The number of hydrogen-bond acceptors (Lipinski definition) is 2. The summed E-state index contributed by atoms with van der Waals surface area (Å²) in [4.78, 5) is 0. The quantitative estimate of drug-likeness (QED) is 0.742. The van der Waals surface area contributed by atoms with Gasteiger partial charge in [0.25, 0.3) is 0 Å². The van der Waals surface area contributed by atoms with Gasteiger partial charge in [-0.05, 0) is 43.5 Å². The average Bonchev–Trinajstić information content (AvgIpc) is 2.28. The minimum atomic E-state index is 0.774. The van der Waals surface area contributed by atoms with Crippen molar-refractivity contribution in [3.63, 3.8) is 0 Å². The van der Waals surface area contributed by atoms with Crippen LogP contribution in [0.3, 0.4) is 0 Å². The van der Waals surface area contributed by atoms with Crippen molar-refractivity contribution in [2.24, 2.45) is 0 Å². The van der Waals surface area contributed by atoms with Gasteiger partial charge in [-0.25, -0.2) is 0 Å². The van der Waals surface area contributed by atoms with E-state index < -0.39 is 0 Å². The van der Waals surface area contributed by atoms with Crippen LogP contribution in [0.1, 0.15) is 17.5 Å². The van der Waals surface area contributed by atoms with Gasteiger partial charge in [0.1, 0.15) is 0 Å². The largest absolute Gasteiger partial charge is 0.383 e. The van der Waals surface area contributed by atoms with Crippen molar-refractivity contribution in [3.05, 3.63) is 34.3 Å². The van der Waals surface area contributed by atoms with E-state index in [0.717, 1.165) is 43.1 Å². The minimum absolute atomic E-state index is 0.774. The van der Waals surface area contributed by atoms with E-state index in [1.165, 1.54) is 5.56 Å². The number of ether oxygens (including phenoxy) is 1. The molecule has 2 nitrogen and oxygen atoms in total. The molecule has 1 rings (SSSR count). The smallest absolute Gasteiger partial charge is 0.0587 e. The molecule has 0 saturated carbocycles. The molecule has 0 bridgehead atoms. The molecular formula is C13H20ClNO. The van der Waals surface area contributed by atoms with Gasteiger partial charge in [-0.15, -0.1) is 0 Å². The molecule has 3 heteroatoms. The molecule has 0 heterocycles. The topological polar surface area (TPSA) is 21.3 Å². The van der Waals surface area contributed by atoms with Crippen LogP contribution in [0.2, 0.25) is 5.02 Å². The Hall–Kier alpha value is -0.570. The summed E-state index contributed by atoms with van der Waals surface area (Å²) in [7, 11) is 1.72. The average molecular weight is 242 g/mol. The van der Waals surface area contributed by atoms with Crippen molar-refractivity contribution in [2.45, 2.75) is 19.8 Å². The van der Waals surface area contributed by atoms with Gasteiger partial charge >= 0.3 is 0 Å². The number of methoxy groups -OCH3 is 1. The molecule has 0 unspecified atom stereocenters. The van der Waals surface area contributed by atoms with E-state index in [1.807, 2.05) is 6.92 Å². The fourth-order valence-electron chi connectivity index (χ4n) is 1.51. The second-order valence-corrected chi connectivity index (χ2v) is 4.34. The highest BCUT2D eigenvalue weighted by molar-refractivity contribution is 6.31. The summed E-state index contributed by atoms with van der Waals surface area (Å²) in [5.74, 6) is 0. The number of hydrogen-bond donors (Lipinski definition) is 1. The third kappa shape index (κ3) is 4.97. The summed E-state index contributed by atoms with van der Waals surface area (Å²) in [6, 6.07) is 6.29. The fourth-order valence-corrected chi connectivity index (χ4v) is 1.71. The first-order chi connectivity index (χ1) is 7.74. The van der Waals surface area contributed by atoms with Gasteiger partial charge in [0, 0.05) is 18.7 Å². The summed E-state index contributed by atoms with van der Waals surface area (Å²) in [5, 5.41) is 4.19. The predicted octanol–water partition coefficient (Wildman–Crippen LogP) is 2.82. The molecule has 0 saturated heterocycles. The molecule has 0 radical (unpaired) electrons. The summed E-state index contributed by atoms with van der Waals surface area (Å²) < 4.78 is 4.96. The van der Waals surface area contributed by atoms with E-state index in [9.17, 15) is 0 Å². The van der Waals surface area contributed by atoms with E-state index in [4.69, 9.17) is 16.3 Å². The lowest BCUT2D eigenvalue weighted by molar-refractivity contribution is 0.199. The Morgan fingerprint density at radius 3 is 2.81 bits per heavy atom. The molecule has 0 aliphatic carbocycles. The van der Waals surface area contributed by atoms with Crippen LogP contribution in [0, 0.1) is 6.92 Å². The normalized spacial score (nSPS) is 10.7. The standard InChI is InChI=1S/C13H20ClNO/c1-11-5-6-12(10-13(11)14)4-3-7-15-8-9-16-2/h5-6,10,15H,3-4,7-9H2,1-2H3. The zero-order chi connectivity index (χ0) is 11.8. The van der Waals surface area contributed by atoms with Crippen LogP contribution in [0.5, 0.6) is 0 Å². The van der Waals surface area contributed by atoms with E-state index in [0.29, 0.717) is 0 Å². The molecule has 0 spiro atoms. The Kier molecular flexibility index (Phi) is 6.46. The highest BCUT2D eigenvalue weighted by atomic mass is 35.5. The maximum Gasteiger partial charge on any atom is 0.0587 e. The molecule has 0 aliphatic rings. The van der Waals surface area contributed by atoms with Crippen molar-refractivity contribution in [1.29, 1.82) is 0 Å². The fraction of sp³-hybridized carbons (Fsp3) is 0.538. The Morgan fingerprint density at radius 2 is 2.12 bits per heavy atom. The van der Waals surface area contributed by atoms with E-state index in [-0.39, 0.29) is 0 Å². The Balaban J connectivity index is 2.19. The lowest BCUT2D eigenvalue weighted by atomic mass is 10.1. The molecule has 1 aromatic carbocycles. The molecule has 16 heavy (non-hydrogen) atoms. The van der Waals surface area contributed by atoms with E-state index in [2.05, 4.69) is 23.5 Å². The highest BCUT2D eigenvalue weighted by Crippen LogP contribution is 2.17. The van der Waals surface area contributed by atoms with Crippen LogP contribution < -0.4 is 5.32 Å². The van der Waals surface area contributed by atoms with Gasteiger partial charge in [0.15, 0.2) is 0 Å². The molecule has 90 valence electrons. The Bertz CT molecular complexity index is 315. The summed E-state index contributed by atoms with van der Waals surface area (Å²) >= 11 is 6.06. The third-order valence-corrected chi connectivity index (χ3v) is 2.95. The van der Waals surface area contributed by atoms with Crippen LogP contribution in [-0.2, 0) is 11.2 Å². The first-order valence-electron chi connectivity index (χ1n) is 5.68. The second kappa shape index (κ2) is 7.66. The summed E-state index contributed by atoms with van der Waals surface area (Å²) in [5.41, 5.74) is 2.45. The Labute approximate surface area is 103 Å². The monoisotopic (exact) mass is 241 g/mol. The predicted molar refractivity (Wildman–Crippen MR) is 69.3 cm³/mol. The summed E-state index contributed by atoms with van der Waals surface area (Å²) in [6.07, 6.45) is 2.20. The van der Waals surface area contributed by atoms with Crippen molar-refractivity contribution < 1.29 is 4.74 Å². The maximum absolute atomic E-state index is 6.06. The second-order valence-electron chi connectivity index (χ2n) is 3.93. The van der Waals surface area contributed by atoms with Crippen molar-refractivity contribution in [2.75, 3.05) is 26.8 Å². The first-order valence-corrected chi connectivity index (χ1v) is 6.06. The summed E-state index contributed by atoms with van der Waals surface area (Å²) in [6.45, 7) is 4.74. The van der Waals surface area contributed by atoms with Crippen LogP contribution in [0.15, 0.2) is 18.2 Å². The molecule has 0 aliphatic heterocycles. The van der Waals surface area contributed by atoms with E-state index in [1.54, 1.807) is 7.11 Å². The van der Waals surface area contributed by atoms with Crippen molar-refractivity contribution in [3.8, 4) is 0 Å². The number of benzene rings is 1. The molecule has 0 aromatic heterocycles. The number of aryl methyl sites for hydroxylation is 2. The van der Waals surface area contributed by atoms with Crippen LogP contribution in [-0.4, -0.2) is 26.8 Å². The number of halogens is 1. The van der Waals surface area contributed by atoms with Crippen LogP contribution in [0.4, 0.5) is 0 Å². The SMILES string of the molecule is COCCNCCCc1ccc(C)c(Cl)c1. The third-order valence-electron chi connectivity index (χ3n) is 2.54. The highest BCUT2D eigenvalue weighted by Gasteiger charge is 1.97. The van der Waals surface area contributed by atoms with Gasteiger partial charge < -0.3 is 10.1 Å². The first kappa shape index (κ1) is 13.5. The molecule has 1 N–H and O–H groups in total. The number of nitrogens with one attached hydrogen (secondary N) is 1. The zero-order valence-electron chi connectivity index (χ0n) is 10.1. The molecule has 0 fully saturated rings. The molecule has 0 amide bonds. The van der Waals surface area contributed by atoms with Crippen molar-refractivity contribution in [1.82, 2.24) is 5.32 Å². The minimum Gasteiger partial charge on any atom is -0.383 e. The van der Waals surface area contributed by atoms with Gasteiger partial charge in [0.2, 0.25) is 0 Å².